The van der Waals surface area contributed by atoms with Gasteiger partial charge < -0.3 is 97.7 Å². The Morgan fingerprint density at radius 1 is 0.772 bits per heavy atom. The molecule has 3 aromatic rings. The maximum Gasteiger partial charge on any atom is 1.00 e. The van der Waals surface area contributed by atoms with Crippen LogP contribution in [0.1, 0.15) is 6.92 Å². The van der Waals surface area contributed by atoms with Crippen molar-refractivity contribution in [3.05, 3.63) is 40.6 Å². The molecule has 2 aliphatic rings. The Kier molecular flexibility index (Phi) is 19.2. The van der Waals surface area contributed by atoms with E-state index in [2.05, 4.69) is 0 Å². The van der Waals surface area contributed by atoms with E-state index in [4.69, 9.17) is 50.9 Å². The summed E-state index contributed by atoms with van der Waals surface area (Å²) in [6.07, 6.45) is -16.3. The number of benzene rings is 2. The fourth-order valence-electron chi connectivity index (χ4n) is 5.60. The third-order valence-electron chi connectivity index (χ3n) is 8.31. The Labute approximate surface area is 347 Å². The summed E-state index contributed by atoms with van der Waals surface area (Å²) in [6, 6.07) is 6.59. The molecule has 11 N–H and O–H groups in total. The number of rotatable bonds is 15. The van der Waals surface area contributed by atoms with Crippen LogP contribution in [0.25, 0.3) is 22.3 Å². The molecule has 0 spiro atoms. The predicted molar refractivity (Wildman–Crippen MR) is 184 cm³/mol. The van der Waals surface area contributed by atoms with E-state index in [-0.39, 0.29) is 109 Å². The van der Waals surface area contributed by atoms with Crippen LogP contribution in [0.2, 0.25) is 0 Å². The summed E-state index contributed by atoms with van der Waals surface area (Å²) in [5.41, 5.74) is -1.08. The smallest absolute Gasteiger partial charge is 0.750 e. The molecule has 5 rings (SSSR count). The van der Waals surface area contributed by atoms with Crippen LogP contribution in [-0.2, 0) is 25.6 Å². The van der Waals surface area contributed by atoms with Crippen molar-refractivity contribution >= 4 is 22.3 Å². The van der Waals surface area contributed by atoms with Gasteiger partial charge in [-0.15, -0.1) is 0 Å². The Bertz CT molecular complexity index is 1810. The van der Waals surface area contributed by atoms with Crippen molar-refractivity contribution in [1.29, 1.82) is 0 Å². The van der Waals surface area contributed by atoms with Crippen LogP contribution in [0.5, 0.6) is 28.7 Å². The Morgan fingerprint density at radius 2 is 1.35 bits per heavy atom. The quantitative estimate of drug-likeness (QED) is 0.0500. The minimum atomic E-state index is -2.86. The molecule has 2 fully saturated rings. The minimum Gasteiger partial charge on any atom is -0.750 e. The van der Waals surface area contributed by atoms with Gasteiger partial charge in [-0.1, -0.05) is 0 Å². The molecule has 0 amide bonds. The van der Waals surface area contributed by atoms with Crippen molar-refractivity contribution in [2.24, 2.45) is 0 Å². The van der Waals surface area contributed by atoms with Crippen LogP contribution < -0.4 is 53.9 Å². The van der Waals surface area contributed by atoms with Gasteiger partial charge in [0.15, 0.2) is 23.5 Å². The molecule has 57 heavy (non-hydrogen) atoms. The number of ether oxygens (including phenoxy) is 7. The second-order valence-electron chi connectivity index (χ2n) is 12.1. The molecule has 0 radical (unpaired) electrons. The Hall–Kier alpha value is -2.76. The van der Waals surface area contributed by atoms with Gasteiger partial charge in [-0.2, -0.15) is 0 Å². The molecule has 0 aliphatic carbocycles. The number of fused-ring (bicyclic) bond motifs is 1. The topological polar surface area (TPSA) is 357 Å². The second kappa shape index (κ2) is 22.6. The van der Waals surface area contributed by atoms with Crippen molar-refractivity contribution in [1.82, 2.24) is 0 Å². The summed E-state index contributed by atoms with van der Waals surface area (Å²) in [5.74, 6) is -1.31. The number of aliphatic hydroxyl groups excluding tert-OH is 9. The summed E-state index contributed by atoms with van der Waals surface area (Å²) in [7, 11) is 0. The van der Waals surface area contributed by atoms with Crippen LogP contribution in [0, 0.1) is 0 Å². The van der Waals surface area contributed by atoms with Crippen molar-refractivity contribution in [2.75, 3.05) is 46.2 Å². The molecule has 2 aromatic carbocycles. The maximum atomic E-state index is 14.1. The van der Waals surface area contributed by atoms with Gasteiger partial charge >= 0.3 is 29.6 Å². The third-order valence-corrected chi connectivity index (χ3v) is 8.31. The summed E-state index contributed by atoms with van der Waals surface area (Å²) in [6.45, 7) is -0.648. The average molecular weight is 847 g/mol. The number of aromatic hydroxyl groups is 1. The van der Waals surface area contributed by atoms with Gasteiger partial charge in [0.05, 0.1) is 43.9 Å². The fraction of sp³-hybridized carbons (Fsp3) is 0.545. The SMILES string of the molecule is C[C@@H]1O[C@@H](OC[C@H]2O[C@@H](Oc3c(-c4ccc(OCCO)c(OCCO)c4)oc4cc(OCCO)cc(O)c4c3=O)[C@H](O)[C@@H](O)[C@@H]2O)[C@H](O)[C@H](O)[C@H]1O.O=S([O-])O.[Na+]. The van der Waals surface area contributed by atoms with E-state index in [1.54, 1.807) is 0 Å². The van der Waals surface area contributed by atoms with Gasteiger partial charge in [0.2, 0.25) is 17.5 Å². The monoisotopic (exact) mass is 846 g/mol. The standard InChI is InChI=1S/C33H42O19.Na.H2O3S/c1-14-23(38)26(41)28(43)32(49-14)48-13-21-24(39)27(42)29(44)33(51-21)52-31-25(40)22-17(37)11-16(45-7-4-34)12-20(22)50-30(31)15-2-3-18(46-8-5-35)19(10-15)47-9-6-36;;1-4(2)3/h2-3,10-12,14,21,23-24,26-29,32-39,41-44H,4-9,13H2,1H3;;(H2,1,2,3)/q;+1;/p-1/t14-,21+,23-,24+,26+,27-,28+,29+,32+,33-;;/m0../s1. The van der Waals surface area contributed by atoms with Crippen LogP contribution >= 0.6 is 0 Å². The molecule has 0 saturated carbocycles. The number of hydrogen-bond acceptors (Lipinski definition) is 21. The second-order valence-corrected chi connectivity index (χ2v) is 12.6. The van der Waals surface area contributed by atoms with Crippen molar-refractivity contribution in [3.8, 4) is 40.1 Å². The Morgan fingerprint density at radius 3 is 1.98 bits per heavy atom. The minimum absolute atomic E-state index is 0. The van der Waals surface area contributed by atoms with E-state index in [0.717, 1.165) is 6.07 Å². The van der Waals surface area contributed by atoms with Gasteiger partial charge in [0, 0.05) is 17.7 Å². The fourth-order valence-corrected chi connectivity index (χ4v) is 5.60. The van der Waals surface area contributed by atoms with E-state index >= 15 is 0 Å². The maximum absolute atomic E-state index is 14.1. The normalized spacial score (nSPS) is 27.7. The molecule has 0 bridgehead atoms. The van der Waals surface area contributed by atoms with E-state index in [1.807, 2.05) is 0 Å². The molecule has 24 heteroatoms. The van der Waals surface area contributed by atoms with Gasteiger partial charge in [-0.25, -0.2) is 4.21 Å². The first-order valence-corrected chi connectivity index (χ1v) is 17.8. The van der Waals surface area contributed by atoms with Crippen molar-refractivity contribution < 1.29 is 132 Å². The first-order chi connectivity index (χ1) is 26.6. The first-order valence-electron chi connectivity index (χ1n) is 16.8. The molecule has 314 valence electrons. The Balaban J connectivity index is 0.00000166. The molecule has 22 nitrogen and oxygen atoms in total. The zero-order valence-electron chi connectivity index (χ0n) is 30.4. The first kappa shape index (κ1) is 48.6. The van der Waals surface area contributed by atoms with Crippen molar-refractivity contribution in [2.45, 2.75) is 68.3 Å². The molecule has 1 aromatic heterocycles. The van der Waals surface area contributed by atoms with Gasteiger partial charge in [0.25, 0.3) is 0 Å². The van der Waals surface area contributed by atoms with E-state index in [0.29, 0.717) is 0 Å². The average Bonchev–Trinajstić information content (AvgIpc) is 3.16. The van der Waals surface area contributed by atoms with E-state index in [9.17, 15) is 55.9 Å². The van der Waals surface area contributed by atoms with Crippen LogP contribution in [-0.4, -0.2) is 172 Å². The number of hydrogen-bond donors (Lipinski definition) is 11. The zero-order valence-corrected chi connectivity index (χ0v) is 33.2. The summed E-state index contributed by atoms with van der Waals surface area (Å²) in [5, 5.41) is 101. The third kappa shape index (κ3) is 12.2. The molecule has 2 saturated heterocycles. The van der Waals surface area contributed by atoms with Crippen LogP contribution in [0.3, 0.4) is 0 Å². The zero-order chi connectivity index (χ0) is 41.3. The van der Waals surface area contributed by atoms with Gasteiger partial charge in [-0.3, -0.25) is 4.79 Å². The number of phenolic OH excluding ortho intramolecular Hbond substituents is 1. The predicted octanol–water partition coefficient (Wildman–Crippen LogP) is -6.35. The largest absolute Gasteiger partial charge is 1.00 e. The van der Waals surface area contributed by atoms with Crippen LogP contribution in [0.4, 0.5) is 0 Å². The van der Waals surface area contributed by atoms with Crippen molar-refractivity contribution in [3.63, 3.8) is 0 Å². The van der Waals surface area contributed by atoms with Gasteiger partial charge in [-0.05, 0) is 25.1 Å². The van der Waals surface area contributed by atoms with E-state index < -0.39 is 96.3 Å². The van der Waals surface area contributed by atoms with Gasteiger partial charge in [0.1, 0.15) is 85.0 Å². The molecular formula is C33H43NaO22S. The molecule has 1 unspecified atom stereocenters. The summed E-state index contributed by atoms with van der Waals surface area (Å²) in [4.78, 5) is 14.1. The number of phenols is 1. The summed E-state index contributed by atoms with van der Waals surface area (Å²) < 4.78 is 69.2. The number of aliphatic hydroxyl groups is 9. The molecular weight excluding hydrogens is 803 g/mol. The molecule has 11 atom stereocenters. The summed E-state index contributed by atoms with van der Waals surface area (Å²) >= 11 is -2.86. The molecule has 2 aliphatic heterocycles. The van der Waals surface area contributed by atoms with E-state index in [1.165, 1.54) is 31.2 Å². The molecule has 3 heterocycles. The van der Waals surface area contributed by atoms with Crippen LogP contribution in [0.15, 0.2) is 39.5 Å².